The molecule has 0 bridgehead atoms. The van der Waals surface area contributed by atoms with Crippen LogP contribution in [0.5, 0.6) is 0 Å². The quantitative estimate of drug-likeness (QED) is 0.803. The predicted molar refractivity (Wildman–Crippen MR) is 53.8 cm³/mol. The van der Waals surface area contributed by atoms with Crippen molar-refractivity contribution in [3.63, 3.8) is 0 Å². The van der Waals surface area contributed by atoms with E-state index in [0.29, 0.717) is 25.9 Å². The van der Waals surface area contributed by atoms with Crippen molar-refractivity contribution < 1.29 is 8.78 Å². The van der Waals surface area contributed by atoms with E-state index in [-0.39, 0.29) is 4.88 Å². The van der Waals surface area contributed by atoms with E-state index in [9.17, 15) is 8.78 Å². The molecule has 1 saturated heterocycles. The van der Waals surface area contributed by atoms with E-state index < -0.39 is 11.8 Å². The predicted octanol–water partition coefficient (Wildman–Crippen LogP) is 2.84. The summed E-state index contributed by atoms with van der Waals surface area (Å²) in [7, 11) is 0. The average molecular weight is 217 g/mol. The highest BCUT2D eigenvalue weighted by Gasteiger charge is 2.42. The number of hydrogen-bond donors (Lipinski definition) is 1. The SMILES string of the molecule is FC(F)(c1cccs1)C1CCNCC1. The van der Waals surface area contributed by atoms with Gasteiger partial charge in [0.15, 0.2) is 0 Å². The Labute approximate surface area is 86.1 Å². The molecule has 0 saturated carbocycles. The summed E-state index contributed by atoms with van der Waals surface area (Å²) in [5.41, 5.74) is 0. The van der Waals surface area contributed by atoms with Crippen LogP contribution in [0.3, 0.4) is 0 Å². The van der Waals surface area contributed by atoms with Crippen LogP contribution in [0.25, 0.3) is 0 Å². The van der Waals surface area contributed by atoms with Gasteiger partial charge < -0.3 is 5.32 Å². The minimum atomic E-state index is -2.63. The Hall–Kier alpha value is -0.480. The largest absolute Gasteiger partial charge is 0.317 e. The summed E-state index contributed by atoms with van der Waals surface area (Å²) < 4.78 is 27.7. The zero-order valence-electron chi connectivity index (χ0n) is 7.80. The molecule has 0 radical (unpaired) electrons. The first-order valence-electron chi connectivity index (χ1n) is 4.84. The molecule has 14 heavy (non-hydrogen) atoms. The van der Waals surface area contributed by atoms with Crippen molar-refractivity contribution in [3.05, 3.63) is 22.4 Å². The van der Waals surface area contributed by atoms with Crippen LogP contribution in [0.15, 0.2) is 17.5 Å². The third-order valence-corrected chi connectivity index (χ3v) is 3.66. The first-order valence-corrected chi connectivity index (χ1v) is 5.72. The second kappa shape index (κ2) is 3.95. The van der Waals surface area contributed by atoms with Gasteiger partial charge in [-0.05, 0) is 37.4 Å². The fourth-order valence-corrected chi connectivity index (χ4v) is 2.64. The molecule has 1 fully saturated rings. The Morgan fingerprint density at radius 2 is 2.07 bits per heavy atom. The maximum Gasteiger partial charge on any atom is 0.285 e. The van der Waals surface area contributed by atoms with Crippen molar-refractivity contribution in [2.75, 3.05) is 13.1 Å². The first kappa shape index (κ1) is 10.1. The van der Waals surface area contributed by atoms with Crippen molar-refractivity contribution in [1.29, 1.82) is 0 Å². The van der Waals surface area contributed by atoms with Gasteiger partial charge in [-0.3, -0.25) is 0 Å². The Kier molecular flexibility index (Phi) is 2.83. The summed E-state index contributed by atoms with van der Waals surface area (Å²) in [6.07, 6.45) is 1.15. The van der Waals surface area contributed by atoms with Crippen molar-refractivity contribution in [2.24, 2.45) is 5.92 Å². The summed E-state index contributed by atoms with van der Waals surface area (Å²) in [5, 5.41) is 4.81. The number of piperidine rings is 1. The molecular weight excluding hydrogens is 204 g/mol. The number of hydrogen-bond acceptors (Lipinski definition) is 2. The van der Waals surface area contributed by atoms with Crippen molar-refractivity contribution in [1.82, 2.24) is 5.32 Å². The monoisotopic (exact) mass is 217 g/mol. The lowest BCUT2D eigenvalue weighted by Gasteiger charge is -2.29. The Morgan fingerprint density at radius 3 is 2.64 bits per heavy atom. The van der Waals surface area contributed by atoms with Gasteiger partial charge in [0.2, 0.25) is 0 Å². The number of rotatable bonds is 2. The third-order valence-electron chi connectivity index (χ3n) is 2.70. The molecule has 4 heteroatoms. The molecule has 1 aromatic rings. The van der Waals surface area contributed by atoms with E-state index in [1.54, 1.807) is 11.4 Å². The minimum Gasteiger partial charge on any atom is -0.317 e. The summed E-state index contributed by atoms with van der Waals surface area (Å²) in [5.74, 6) is -3.11. The molecule has 2 rings (SSSR count). The first-order chi connectivity index (χ1) is 6.71. The smallest absolute Gasteiger partial charge is 0.285 e. The Balaban J connectivity index is 2.14. The standard InChI is InChI=1S/C10H13F2NS/c11-10(12,9-2-1-7-14-9)8-3-5-13-6-4-8/h1-2,7-8,13H,3-6H2. The lowest BCUT2D eigenvalue weighted by Crippen LogP contribution is -2.36. The van der Waals surface area contributed by atoms with Crippen molar-refractivity contribution in [3.8, 4) is 0 Å². The third kappa shape index (κ3) is 1.81. The van der Waals surface area contributed by atoms with Crippen LogP contribution in [0.2, 0.25) is 0 Å². The van der Waals surface area contributed by atoms with E-state index in [1.807, 2.05) is 0 Å². The molecule has 1 aliphatic rings. The summed E-state index contributed by atoms with van der Waals surface area (Å²) >= 11 is 1.15. The number of thiophene rings is 1. The van der Waals surface area contributed by atoms with Crippen LogP contribution in [0, 0.1) is 5.92 Å². The van der Waals surface area contributed by atoms with E-state index in [0.717, 1.165) is 11.3 Å². The molecule has 0 unspecified atom stereocenters. The van der Waals surface area contributed by atoms with E-state index in [1.165, 1.54) is 6.07 Å². The topological polar surface area (TPSA) is 12.0 Å². The molecule has 0 spiro atoms. The van der Waals surface area contributed by atoms with Crippen LogP contribution in [0.4, 0.5) is 8.78 Å². The van der Waals surface area contributed by atoms with Gasteiger partial charge in [-0.25, -0.2) is 8.78 Å². The van der Waals surface area contributed by atoms with Crippen LogP contribution >= 0.6 is 11.3 Å². The summed E-state index contributed by atoms with van der Waals surface area (Å²) in [4.78, 5) is 0.212. The van der Waals surface area contributed by atoms with Gasteiger partial charge in [-0.15, -0.1) is 11.3 Å². The maximum atomic E-state index is 13.9. The second-order valence-electron chi connectivity index (χ2n) is 3.62. The lowest BCUT2D eigenvalue weighted by molar-refractivity contribution is -0.0720. The summed E-state index contributed by atoms with van der Waals surface area (Å²) in [6.45, 7) is 1.43. The van der Waals surface area contributed by atoms with Crippen molar-refractivity contribution >= 4 is 11.3 Å². The molecular formula is C10H13F2NS. The normalized spacial score (nSPS) is 19.9. The van der Waals surface area contributed by atoms with Gasteiger partial charge in [-0.1, -0.05) is 6.07 Å². The second-order valence-corrected chi connectivity index (χ2v) is 4.57. The zero-order valence-corrected chi connectivity index (χ0v) is 8.62. The lowest BCUT2D eigenvalue weighted by atomic mass is 9.90. The van der Waals surface area contributed by atoms with Gasteiger partial charge >= 0.3 is 0 Å². The molecule has 1 aromatic heterocycles. The summed E-state index contributed by atoms with van der Waals surface area (Å²) in [6, 6.07) is 3.22. The molecule has 0 amide bonds. The molecule has 1 nitrogen and oxygen atoms in total. The molecule has 78 valence electrons. The number of halogens is 2. The van der Waals surface area contributed by atoms with Crippen LogP contribution in [-0.4, -0.2) is 13.1 Å². The molecule has 1 aliphatic heterocycles. The average Bonchev–Trinajstić information content (AvgIpc) is 2.72. The van der Waals surface area contributed by atoms with Gasteiger partial charge in [0.05, 0.1) is 4.88 Å². The molecule has 2 heterocycles. The van der Waals surface area contributed by atoms with E-state index >= 15 is 0 Å². The van der Waals surface area contributed by atoms with E-state index in [4.69, 9.17) is 0 Å². The van der Waals surface area contributed by atoms with Crippen LogP contribution < -0.4 is 5.32 Å². The highest BCUT2D eigenvalue weighted by Crippen LogP contribution is 2.42. The fourth-order valence-electron chi connectivity index (χ4n) is 1.85. The fraction of sp³-hybridized carbons (Fsp3) is 0.600. The zero-order chi connectivity index (χ0) is 10.0. The molecule has 0 aliphatic carbocycles. The highest BCUT2D eigenvalue weighted by molar-refractivity contribution is 7.10. The van der Waals surface area contributed by atoms with Gasteiger partial charge in [0.1, 0.15) is 0 Å². The molecule has 0 atom stereocenters. The van der Waals surface area contributed by atoms with Crippen LogP contribution in [0.1, 0.15) is 17.7 Å². The Morgan fingerprint density at radius 1 is 1.36 bits per heavy atom. The Bertz CT molecular complexity index is 278. The van der Waals surface area contributed by atoms with Crippen LogP contribution in [-0.2, 0) is 5.92 Å². The van der Waals surface area contributed by atoms with E-state index in [2.05, 4.69) is 5.32 Å². The van der Waals surface area contributed by atoms with Crippen molar-refractivity contribution in [2.45, 2.75) is 18.8 Å². The number of nitrogens with one attached hydrogen (secondary N) is 1. The molecule has 1 N–H and O–H groups in total. The highest BCUT2D eigenvalue weighted by atomic mass is 32.1. The number of alkyl halides is 2. The van der Waals surface area contributed by atoms with Gasteiger partial charge in [0, 0.05) is 5.92 Å². The maximum absolute atomic E-state index is 13.9. The minimum absolute atomic E-state index is 0.212. The van der Waals surface area contributed by atoms with Gasteiger partial charge in [0.25, 0.3) is 5.92 Å². The molecule has 0 aromatic carbocycles. The van der Waals surface area contributed by atoms with Gasteiger partial charge in [-0.2, -0.15) is 0 Å².